The van der Waals surface area contributed by atoms with Crippen LogP contribution in [-0.2, 0) is 16.6 Å². The Morgan fingerprint density at radius 3 is 2.80 bits per heavy atom. The summed E-state index contributed by atoms with van der Waals surface area (Å²) in [6, 6.07) is 3.87. The molecule has 6 heteroatoms. The Kier molecular flexibility index (Phi) is 3.40. The summed E-state index contributed by atoms with van der Waals surface area (Å²) in [5.74, 6) is 1.74. The van der Waals surface area contributed by atoms with Gasteiger partial charge in [-0.2, -0.15) is 0 Å². The molecule has 2 N–H and O–H groups in total. The molecule has 6 aliphatic rings. The first-order valence-electron chi connectivity index (χ1n) is 11.8. The number of likely N-dealkylation sites (tertiary alicyclic amines) is 2. The van der Waals surface area contributed by atoms with Gasteiger partial charge in [-0.25, -0.2) is 0 Å². The fourth-order valence-electron chi connectivity index (χ4n) is 7.79. The highest BCUT2D eigenvalue weighted by Crippen LogP contribution is 2.66. The molecule has 1 spiro atoms. The van der Waals surface area contributed by atoms with Crippen LogP contribution >= 0.6 is 0 Å². The number of aromatic hydroxyl groups is 1. The maximum Gasteiger partial charge on any atom is 0.223 e. The van der Waals surface area contributed by atoms with E-state index in [4.69, 9.17) is 4.74 Å². The van der Waals surface area contributed by atoms with Crippen LogP contribution in [0.4, 0.5) is 0 Å². The number of piperidine rings is 1. The molecule has 5 atom stereocenters. The minimum atomic E-state index is -0.865. The topological polar surface area (TPSA) is 73.2 Å². The van der Waals surface area contributed by atoms with Crippen molar-refractivity contribution in [2.45, 2.75) is 80.6 Å². The molecule has 7 rings (SSSR count). The highest BCUT2D eigenvalue weighted by Gasteiger charge is 2.73. The number of ether oxygens (including phenoxy) is 1. The summed E-state index contributed by atoms with van der Waals surface area (Å²) in [6.45, 7) is 2.83. The third-order valence-electron chi connectivity index (χ3n) is 9.24. The van der Waals surface area contributed by atoms with Gasteiger partial charge in [0.25, 0.3) is 0 Å². The molecule has 0 radical (unpaired) electrons. The molecule has 2 saturated carbocycles. The van der Waals surface area contributed by atoms with Gasteiger partial charge in [0.05, 0.1) is 17.1 Å². The number of aliphatic hydroxyl groups is 1. The van der Waals surface area contributed by atoms with Crippen molar-refractivity contribution in [1.82, 2.24) is 9.80 Å². The van der Waals surface area contributed by atoms with Gasteiger partial charge in [-0.3, -0.25) is 9.69 Å². The Balaban J connectivity index is 1.39. The lowest BCUT2D eigenvalue weighted by atomic mass is 9.48. The second-order valence-electron chi connectivity index (χ2n) is 10.6. The van der Waals surface area contributed by atoms with Crippen LogP contribution in [0.25, 0.3) is 0 Å². The van der Waals surface area contributed by atoms with Crippen LogP contribution in [0.5, 0.6) is 11.5 Å². The Morgan fingerprint density at radius 2 is 2.03 bits per heavy atom. The van der Waals surface area contributed by atoms with Crippen molar-refractivity contribution in [2.75, 3.05) is 19.6 Å². The van der Waals surface area contributed by atoms with E-state index in [9.17, 15) is 15.0 Å². The number of benzene rings is 1. The maximum atomic E-state index is 12.6. The first-order chi connectivity index (χ1) is 14.5. The highest BCUT2D eigenvalue weighted by molar-refractivity contribution is 5.79. The maximum absolute atomic E-state index is 12.6. The Bertz CT molecular complexity index is 945. The molecule has 30 heavy (non-hydrogen) atoms. The van der Waals surface area contributed by atoms with E-state index in [1.165, 1.54) is 18.4 Å². The molecule has 0 unspecified atom stereocenters. The van der Waals surface area contributed by atoms with Gasteiger partial charge in [0, 0.05) is 31.1 Å². The number of hydrogen-bond donors (Lipinski definition) is 2. The molecular weight excluding hydrogens is 380 g/mol. The second-order valence-corrected chi connectivity index (χ2v) is 10.6. The summed E-state index contributed by atoms with van der Waals surface area (Å²) >= 11 is 0. The minimum absolute atomic E-state index is 0.0198. The fraction of sp³-hybridized carbons (Fsp3) is 0.708. The molecule has 3 heterocycles. The largest absolute Gasteiger partial charge is 0.504 e. The summed E-state index contributed by atoms with van der Waals surface area (Å²) < 4.78 is 6.55. The highest BCUT2D eigenvalue weighted by atomic mass is 16.5. The number of phenols is 1. The summed E-state index contributed by atoms with van der Waals surface area (Å²) in [5, 5.41) is 23.1. The van der Waals surface area contributed by atoms with Crippen molar-refractivity contribution in [3.05, 3.63) is 23.3 Å². The van der Waals surface area contributed by atoms with Crippen LogP contribution in [0.3, 0.4) is 0 Å². The predicted molar refractivity (Wildman–Crippen MR) is 110 cm³/mol. The fourth-order valence-corrected chi connectivity index (χ4v) is 7.79. The lowest BCUT2D eigenvalue weighted by Gasteiger charge is -2.64. The van der Waals surface area contributed by atoms with Crippen LogP contribution < -0.4 is 4.74 Å². The van der Waals surface area contributed by atoms with Gasteiger partial charge < -0.3 is 19.8 Å². The number of nitrogens with zero attached hydrogens (tertiary/aromatic N) is 2. The molecule has 4 fully saturated rings. The van der Waals surface area contributed by atoms with E-state index in [2.05, 4.69) is 4.90 Å². The molecule has 1 amide bonds. The quantitative estimate of drug-likeness (QED) is 0.797. The summed E-state index contributed by atoms with van der Waals surface area (Å²) in [6.07, 6.45) is 6.98. The summed E-state index contributed by atoms with van der Waals surface area (Å²) in [5.41, 5.74) is 0.879. The number of carbonyl (C=O) groups excluding carboxylic acids is 1. The number of rotatable bonds is 3. The van der Waals surface area contributed by atoms with Crippen LogP contribution in [0.1, 0.15) is 56.1 Å². The van der Waals surface area contributed by atoms with Crippen LogP contribution in [0.2, 0.25) is 0 Å². The molecule has 6 nitrogen and oxygen atoms in total. The van der Waals surface area contributed by atoms with Crippen molar-refractivity contribution < 1.29 is 19.7 Å². The van der Waals surface area contributed by atoms with E-state index in [0.29, 0.717) is 18.6 Å². The van der Waals surface area contributed by atoms with Gasteiger partial charge in [0.15, 0.2) is 11.5 Å². The molecule has 2 saturated heterocycles. The van der Waals surface area contributed by atoms with E-state index in [1.807, 2.05) is 11.0 Å². The van der Waals surface area contributed by atoms with Gasteiger partial charge in [0.2, 0.25) is 5.91 Å². The first-order valence-corrected chi connectivity index (χ1v) is 11.8. The first kappa shape index (κ1) is 17.8. The van der Waals surface area contributed by atoms with E-state index in [-0.39, 0.29) is 29.8 Å². The molecule has 3 aliphatic carbocycles. The average molecular weight is 411 g/mol. The molecule has 160 valence electrons. The zero-order chi connectivity index (χ0) is 20.3. The monoisotopic (exact) mass is 410 g/mol. The van der Waals surface area contributed by atoms with Crippen LogP contribution in [0.15, 0.2) is 12.1 Å². The van der Waals surface area contributed by atoms with Crippen molar-refractivity contribution in [2.24, 2.45) is 5.92 Å². The number of amides is 1. The van der Waals surface area contributed by atoms with Gasteiger partial charge in [0.1, 0.15) is 6.10 Å². The third kappa shape index (κ3) is 2.00. The van der Waals surface area contributed by atoms with Crippen molar-refractivity contribution in [3.63, 3.8) is 0 Å². The van der Waals surface area contributed by atoms with Crippen LogP contribution in [-0.4, -0.2) is 69.3 Å². The SMILES string of the molecule is O=C1CCCN1[C@H]1CC[C@@]2(O)[C@H]3Cc4ccc(O)c5c4[C@@]2(CCN3CC2CC2)[C@H]1O5. The zero-order valence-electron chi connectivity index (χ0n) is 17.3. The van der Waals surface area contributed by atoms with Gasteiger partial charge >= 0.3 is 0 Å². The molecule has 1 aromatic rings. The Labute approximate surface area is 176 Å². The summed E-state index contributed by atoms with van der Waals surface area (Å²) in [7, 11) is 0. The minimum Gasteiger partial charge on any atom is -0.504 e. The standard InChI is InChI=1S/C24H30N2O4/c27-17-6-5-15-12-18-24(29)8-7-16(26-10-1-2-19(26)28)22-23(24,20(15)21(17)30-22)9-11-25(18)13-14-3-4-14/h5-6,14,16,18,22,27,29H,1-4,7-13H2/t16-,18+,22-,23-,24+/m0/s1. The average Bonchev–Trinajstić information content (AvgIpc) is 3.32. The van der Waals surface area contributed by atoms with E-state index in [1.54, 1.807) is 6.07 Å². The van der Waals surface area contributed by atoms with Crippen molar-refractivity contribution >= 4 is 5.91 Å². The Morgan fingerprint density at radius 1 is 1.17 bits per heavy atom. The third-order valence-corrected chi connectivity index (χ3v) is 9.24. The molecular formula is C24H30N2O4. The predicted octanol–water partition coefficient (Wildman–Crippen LogP) is 1.95. The van der Waals surface area contributed by atoms with Crippen molar-refractivity contribution in [1.29, 1.82) is 0 Å². The van der Waals surface area contributed by atoms with E-state index >= 15 is 0 Å². The Hall–Kier alpha value is -1.79. The number of phenolic OH excluding ortho intramolecular Hbond substituents is 1. The number of carbonyl (C=O) groups is 1. The smallest absolute Gasteiger partial charge is 0.223 e. The molecule has 2 bridgehead atoms. The normalized spacial score (nSPS) is 41.7. The molecule has 0 aromatic heterocycles. The zero-order valence-corrected chi connectivity index (χ0v) is 17.3. The summed E-state index contributed by atoms with van der Waals surface area (Å²) in [4.78, 5) is 17.2. The van der Waals surface area contributed by atoms with Gasteiger partial charge in [-0.15, -0.1) is 0 Å². The van der Waals surface area contributed by atoms with E-state index < -0.39 is 11.0 Å². The molecule has 3 aliphatic heterocycles. The van der Waals surface area contributed by atoms with Gasteiger partial charge in [-0.1, -0.05) is 6.07 Å². The van der Waals surface area contributed by atoms with Gasteiger partial charge in [-0.05, 0) is 69.0 Å². The van der Waals surface area contributed by atoms with Crippen molar-refractivity contribution in [3.8, 4) is 11.5 Å². The lowest BCUT2D eigenvalue weighted by Crippen LogP contribution is -2.78. The van der Waals surface area contributed by atoms with Crippen LogP contribution in [0, 0.1) is 5.92 Å². The number of hydrogen-bond acceptors (Lipinski definition) is 5. The molecule has 1 aromatic carbocycles. The van der Waals surface area contributed by atoms with E-state index in [0.717, 1.165) is 56.8 Å². The lowest BCUT2D eigenvalue weighted by molar-refractivity contribution is -0.200. The second kappa shape index (κ2) is 5.71.